The number of ether oxygens (including phenoxy) is 1. The molecular weight excluding hydrogens is 384 g/mol. The zero-order valence-corrected chi connectivity index (χ0v) is 16.5. The molecule has 140 valence electrons. The molecular formula is C19H19ClN4O2S. The minimum Gasteiger partial charge on any atom is -0.483 e. The molecule has 2 N–H and O–H groups in total. The maximum atomic E-state index is 12.1. The highest BCUT2D eigenvalue weighted by atomic mass is 35.5. The third-order valence-corrected chi connectivity index (χ3v) is 4.88. The molecule has 0 fully saturated rings. The number of aromatic amines is 1. The number of benzene rings is 2. The normalized spacial score (nSPS) is 10.6. The fraction of sp³-hybridized carbons (Fsp3) is 0.211. The summed E-state index contributed by atoms with van der Waals surface area (Å²) in [5.41, 5.74) is 3.17. The monoisotopic (exact) mass is 402 g/mol. The zero-order chi connectivity index (χ0) is 19.2. The lowest BCUT2D eigenvalue weighted by Crippen LogP contribution is -2.21. The predicted molar refractivity (Wildman–Crippen MR) is 107 cm³/mol. The number of aromatic nitrogens is 3. The van der Waals surface area contributed by atoms with Crippen LogP contribution in [0.1, 0.15) is 16.7 Å². The van der Waals surface area contributed by atoms with Crippen molar-refractivity contribution in [2.24, 2.45) is 0 Å². The lowest BCUT2D eigenvalue weighted by atomic mass is 10.1. The summed E-state index contributed by atoms with van der Waals surface area (Å²) >= 11 is 7.34. The second-order valence-electron chi connectivity index (χ2n) is 5.99. The number of rotatable bonds is 7. The summed E-state index contributed by atoms with van der Waals surface area (Å²) in [7, 11) is 0. The Bertz CT molecular complexity index is 928. The van der Waals surface area contributed by atoms with Gasteiger partial charge in [0, 0.05) is 10.8 Å². The average Bonchev–Trinajstić information content (AvgIpc) is 3.09. The van der Waals surface area contributed by atoms with E-state index >= 15 is 0 Å². The fourth-order valence-electron chi connectivity index (χ4n) is 2.27. The minimum atomic E-state index is -0.304. The molecule has 1 aromatic heterocycles. The first kappa shape index (κ1) is 19.3. The Hall–Kier alpha value is -2.51. The van der Waals surface area contributed by atoms with Gasteiger partial charge in [-0.1, -0.05) is 47.6 Å². The van der Waals surface area contributed by atoms with Crippen LogP contribution in [0, 0.1) is 13.8 Å². The van der Waals surface area contributed by atoms with Gasteiger partial charge < -0.3 is 4.74 Å². The number of nitrogens with zero attached hydrogens (tertiary/aromatic N) is 2. The van der Waals surface area contributed by atoms with Crippen molar-refractivity contribution in [1.82, 2.24) is 15.2 Å². The Labute approximate surface area is 166 Å². The first-order chi connectivity index (χ1) is 13.0. The first-order valence-corrected chi connectivity index (χ1v) is 9.65. The van der Waals surface area contributed by atoms with E-state index < -0.39 is 0 Å². The molecule has 27 heavy (non-hydrogen) atoms. The van der Waals surface area contributed by atoms with E-state index in [-0.39, 0.29) is 12.5 Å². The molecule has 8 heteroatoms. The maximum absolute atomic E-state index is 12.1. The highest BCUT2D eigenvalue weighted by Crippen LogP contribution is 2.21. The van der Waals surface area contributed by atoms with Crippen molar-refractivity contribution in [1.29, 1.82) is 0 Å². The van der Waals surface area contributed by atoms with Crippen molar-refractivity contribution >= 4 is 35.2 Å². The van der Waals surface area contributed by atoms with Crippen LogP contribution >= 0.6 is 23.4 Å². The number of halogens is 1. The van der Waals surface area contributed by atoms with Crippen molar-refractivity contribution in [3.63, 3.8) is 0 Å². The van der Waals surface area contributed by atoms with Gasteiger partial charge in [-0.05, 0) is 48.7 Å². The Morgan fingerprint density at radius 1 is 1.22 bits per heavy atom. The number of H-pyrrole nitrogens is 1. The Kier molecular flexibility index (Phi) is 6.36. The van der Waals surface area contributed by atoms with Crippen molar-refractivity contribution in [2.75, 3.05) is 11.9 Å². The standard InChI is InChI=1S/C19H19ClN4O2S/c1-12-3-4-13(2)16(9-12)26-10-17(25)21-18-22-19(24-23-18)27-11-14-5-7-15(20)8-6-14/h3-9H,10-11H2,1-2H3,(H2,21,22,23,24,25). The Balaban J connectivity index is 1.48. The van der Waals surface area contributed by atoms with Crippen molar-refractivity contribution in [3.8, 4) is 5.75 Å². The summed E-state index contributed by atoms with van der Waals surface area (Å²) < 4.78 is 5.58. The highest BCUT2D eigenvalue weighted by Gasteiger charge is 2.10. The van der Waals surface area contributed by atoms with E-state index in [2.05, 4.69) is 20.5 Å². The van der Waals surface area contributed by atoms with Crippen LogP contribution in [0.4, 0.5) is 5.95 Å². The van der Waals surface area contributed by atoms with Gasteiger partial charge in [0.25, 0.3) is 5.91 Å². The second kappa shape index (κ2) is 8.92. The van der Waals surface area contributed by atoms with Gasteiger partial charge in [-0.2, -0.15) is 4.98 Å². The molecule has 0 spiro atoms. The van der Waals surface area contributed by atoms with Gasteiger partial charge >= 0.3 is 0 Å². The fourth-order valence-corrected chi connectivity index (χ4v) is 3.15. The molecule has 0 radical (unpaired) electrons. The number of thioether (sulfide) groups is 1. The molecule has 0 unspecified atom stereocenters. The summed E-state index contributed by atoms with van der Waals surface area (Å²) in [6.07, 6.45) is 0. The van der Waals surface area contributed by atoms with Crippen LogP contribution in [0.15, 0.2) is 47.6 Å². The highest BCUT2D eigenvalue weighted by molar-refractivity contribution is 7.98. The third-order valence-electron chi connectivity index (χ3n) is 3.71. The van der Waals surface area contributed by atoms with E-state index in [1.807, 2.05) is 56.3 Å². The average molecular weight is 403 g/mol. The molecule has 3 aromatic rings. The number of carbonyl (C=O) groups excluding carboxylic acids is 1. The maximum Gasteiger partial charge on any atom is 0.264 e. The number of anilines is 1. The molecule has 0 aliphatic carbocycles. The number of carbonyl (C=O) groups is 1. The molecule has 3 rings (SSSR count). The van der Waals surface area contributed by atoms with Crippen molar-refractivity contribution < 1.29 is 9.53 Å². The van der Waals surface area contributed by atoms with Gasteiger partial charge in [0.1, 0.15) is 5.75 Å². The number of nitrogens with one attached hydrogen (secondary N) is 2. The first-order valence-electron chi connectivity index (χ1n) is 8.29. The van der Waals surface area contributed by atoms with Gasteiger partial charge in [0.2, 0.25) is 11.1 Å². The summed E-state index contributed by atoms with van der Waals surface area (Å²) in [4.78, 5) is 16.3. The molecule has 1 heterocycles. The van der Waals surface area contributed by atoms with Gasteiger partial charge in [0.15, 0.2) is 6.61 Å². The summed E-state index contributed by atoms with van der Waals surface area (Å²) in [6.45, 7) is 3.82. The van der Waals surface area contributed by atoms with E-state index in [1.165, 1.54) is 11.8 Å². The molecule has 1 amide bonds. The SMILES string of the molecule is Cc1ccc(C)c(OCC(=O)Nc2nc(SCc3ccc(Cl)cc3)n[nH]2)c1. The number of amides is 1. The van der Waals surface area contributed by atoms with Crippen LogP contribution in [0.2, 0.25) is 5.02 Å². The minimum absolute atomic E-state index is 0.0990. The second-order valence-corrected chi connectivity index (χ2v) is 7.37. The Morgan fingerprint density at radius 3 is 2.78 bits per heavy atom. The van der Waals surface area contributed by atoms with Crippen LogP contribution in [0.3, 0.4) is 0 Å². The quantitative estimate of drug-likeness (QED) is 0.573. The number of aryl methyl sites for hydroxylation is 2. The molecule has 0 aliphatic heterocycles. The molecule has 6 nitrogen and oxygen atoms in total. The summed E-state index contributed by atoms with van der Waals surface area (Å²) in [5.74, 6) is 1.39. The lowest BCUT2D eigenvalue weighted by molar-refractivity contribution is -0.118. The van der Waals surface area contributed by atoms with Gasteiger partial charge in [-0.3, -0.25) is 10.1 Å². The number of hydrogen-bond donors (Lipinski definition) is 2. The van der Waals surface area contributed by atoms with E-state index in [9.17, 15) is 4.79 Å². The molecule has 2 aromatic carbocycles. The van der Waals surface area contributed by atoms with E-state index in [4.69, 9.17) is 16.3 Å². The van der Waals surface area contributed by atoms with Crippen molar-refractivity contribution in [2.45, 2.75) is 24.8 Å². The van der Waals surface area contributed by atoms with E-state index in [1.54, 1.807) is 0 Å². The molecule has 0 saturated heterocycles. The zero-order valence-electron chi connectivity index (χ0n) is 15.0. The topological polar surface area (TPSA) is 79.9 Å². The molecule has 0 bridgehead atoms. The third kappa shape index (κ3) is 5.74. The van der Waals surface area contributed by atoms with Crippen LogP contribution in [-0.4, -0.2) is 27.7 Å². The van der Waals surface area contributed by atoms with Crippen LogP contribution in [0.5, 0.6) is 5.75 Å². The number of hydrogen-bond acceptors (Lipinski definition) is 5. The Morgan fingerprint density at radius 2 is 2.00 bits per heavy atom. The predicted octanol–water partition coefficient (Wildman–Crippen LogP) is 4.38. The van der Waals surface area contributed by atoms with Gasteiger partial charge in [0.05, 0.1) is 0 Å². The summed E-state index contributed by atoms with van der Waals surface area (Å²) in [5, 5.41) is 10.7. The molecule has 0 saturated carbocycles. The van der Waals surface area contributed by atoms with Crippen LogP contribution in [0.25, 0.3) is 0 Å². The van der Waals surface area contributed by atoms with E-state index in [0.29, 0.717) is 27.6 Å². The lowest BCUT2D eigenvalue weighted by Gasteiger charge is -2.09. The van der Waals surface area contributed by atoms with Crippen molar-refractivity contribution in [3.05, 3.63) is 64.2 Å². The molecule has 0 atom stereocenters. The van der Waals surface area contributed by atoms with Crippen LogP contribution in [-0.2, 0) is 10.5 Å². The van der Waals surface area contributed by atoms with Gasteiger partial charge in [-0.15, -0.1) is 5.10 Å². The largest absolute Gasteiger partial charge is 0.483 e. The smallest absolute Gasteiger partial charge is 0.264 e. The summed E-state index contributed by atoms with van der Waals surface area (Å²) in [6, 6.07) is 13.5. The molecule has 0 aliphatic rings. The van der Waals surface area contributed by atoms with Crippen LogP contribution < -0.4 is 10.1 Å². The van der Waals surface area contributed by atoms with E-state index in [0.717, 1.165) is 16.7 Å². The van der Waals surface area contributed by atoms with Gasteiger partial charge in [-0.25, -0.2) is 5.10 Å².